The molecule has 3 heteroatoms. The molecule has 24 heavy (non-hydrogen) atoms. The molecule has 3 nitrogen and oxygen atoms in total. The molecule has 1 N–H and O–H groups in total. The molecule has 0 atom stereocenters. The molecule has 0 saturated carbocycles. The van der Waals surface area contributed by atoms with Crippen LogP contribution >= 0.6 is 0 Å². The van der Waals surface area contributed by atoms with Crippen molar-refractivity contribution in [1.29, 1.82) is 0 Å². The number of hydrogen-bond acceptors (Lipinski definition) is 1. The molecule has 0 radical (unpaired) electrons. The molecule has 1 aromatic heterocycles. The second-order valence-electron chi connectivity index (χ2n) is 6.77. The minimum absolute atomic E-state index is 0.0211. The van der Waals surface area contributed by atoms with Crippen LogP contribution in [0.5, 0.6) is 0 Å². The summed E-state index contributed by atoms with van der Waals surface area (Å²) in [5.41, 5.74) is 4.23. The van der Waals surface area contributed by atoms with E-state index in [0.29, 0.717) is 12.5 Å². The molecule has 1 amide bonds. The number of rotatable bonds is 8. The average Bonchev–Trinajstić information content (AvgIpc) is 2.84. The van der Waals surface area contributed by atoms with Gasteiger partial charge in [-0.1, -0.05) is 45.8 Å². The monoisotopic (exact) mass is 326 g/mol. The Hall–Kier alpha value is -2.03. The maximum Gasteiger partial charge on any atom is 0.268 e. The van der Waals surface area contributed by atoms with Crippen molar-refractivity contribution in [3.63, 3.8) is 0 Å². The molecule has 0 unspecified atom stereocenters. The van der Waals surface area contributed by atoms with Gasteiger partial charge in [-0.05, 0) is 42.5 Å². The van der Waals surface area contributed by atoms with Crippen molar-refractivity contribution in [2.45, 2.75) is 59.4 Å². The van der Waals surface area contributed by atoms with Crippen molar-refractivity contribution < 1.29 is 4.79 Å². The standard InChI is InChI=1S/C21H30N2O/c1-6-8-9-12-22-21(24)20-16(5)18-14-17(15(3)4)10-11-19(18)23(20)13-7-2/h7,10-11,14-15H,2,6,8-9,12-13H2,1,3-5H3,(H,22,24). The van der Waals surface area contributed by atoms with Gasteiger partial charge in [-0.15, -0.1) is 6.58 Å². The number of hydrogen-bond donors (Lipinski definition) is 1. The molecular weight excluding hydrogens is 296 g/mol. The fraction of sp³-hybridized carbons (Fsp3) is 0.476. The average molecular weight is 326 g/mol. The van der Waals surface area contributed by atoms with Crippen molar-refractivity contribution in [3.8, 4) is 0 Å². The molecular formula is C21H30N2O. The van der Waals surface area contributed by atoms with Crippen LogP contribution in [0.4, 0.5) is 0 Å². The molecule has 0 fully saturated rings. The van der Waals surface area contributed by atoms with Gasteiger partial charge in [-0.3, -0.25) is 4.79 Å². The second-order valence-corrected chi connectivity index (χ2v) is 6.77. The molecule has 0 spiro atoms. The molecule has 1 heterocycles. The van der Waals surface area contributed by atoms with Crippen molar-refractivity contribution in [1.82, 2.24) is 9.88 Å². The fourth-order valence-electron chi connectivity index (χ4n) is 3.17. The van der Waals surface area contributed by atoms with Crippen LogP contribution in [0.15, 0.2) is 30.9 Å². The Morgan fingerprint density at radius 2 is 2.08 bits per heavy atom. The third-order valence-corrected chi connectivity index (χ3v) is 4.60. The summed E-state index contributed by atoms with van der Waals surface area (Å²) in [5, 5.41) is 4.25. The number of carbonyl (C=O) groups excluding carboxylic acids is 1. The quantitative estimate of drug-likeness (QED) is 0.526. The minimum Gasteiger partial charge on any atom is -0.351 e. The Balaban J connectivity index is 2.43. The Morgan fingerprint density at radius 3 is 2.71 bits per heavy atom. The highest BCUT2D eigenvalue weighted by Crippen LogP contribution is 2.29. The number of aryl methyl sites for hydroxylation is 1. The Labute approximate surface area is 145 Å². The molecule has 0 saturated heterocycles. The third kappa shape index (κ3) is 3.72. The zero-order valence-electron chi connectivity index (χ0n) is 15.5. The summed E-state index contributed by atoms with van der Waals surface area (Å²) >= 11 is 0. The molecule has 1 aromatic carbocycles. The van der Waals surface area contributed by atoms with Crippen molar-refractivity contribution in [3.05, 3.63) is 47.7 Å². The number of benzene rings is 1. The summed E-state index contributed by atoms with van der Waals surface area (Å²) in [7, 11) is 0. The summed E-state index contributed by atoms with van der Waals surface area (Å²) in [6, 6.07) is 6.52. The zero-order chi connectivity index (χ0) is 17.7. The first-order valence-corrected chi connectivity index (χ1v) is 9.03. The van der Waals surface area contributed by atoms with E-state index >= 15 is 0 Å². The van der Waals surface area contributed by atoms with Crippen LogP contribution in [-0.4, -0.2) is 17.0 Å². The number of nitrogens with one attached hydrogen (secondary N) is 1. The predicted molar refractivity (Wildman–Crippen MR) is 103 cm³/mol. The Kier molecular flexibility index (Phi) is 6.24. The highest BCUT2D eigenvalue weighted by molar-refractivity contribution is 6.01. The molecule has 130 valence electrons. The van der Waals surface area contributed by atoms with E-state index in [0.717, 1.165) is 42.6 Å². The van der Waals surface area contributed by atoms with Crippen molar-refractivity contribution in [2.75, 3.05) is 6.54 Å². The maximum absolute atomic E-state index is 12.7. The van der Waals surface area contributed by atoms with Gasteiger partial charge in [0.2, 0.25) is 0 Å². The molecule has 2 aromatic rings. The minimum atomic E-state index is 0.0211. The van der Waals surface area contributed by atoms with E-state index in [2.05, 4.69) is 55.4 Å². The van der Waals surface area contributed by atoms with Crippen molar-refractivity contribution in [2.24, 2.45) is 0 Å². The third-order valence-electron chi connectivity index (χ3n) is 4.60. The summed E-state index contributed by atoms with van der Waals surface area (Å²) in [5.74, 6) is 0.496. The smallest absolute Gasteiger partial charge is 0.268 e. The van der Waals surface area contributed by atoms with Crippen LogP contribution in [0.2, 0.25) is 0 Å². The summed E-state index contributed by atoms with van der Waals surface area (Å²) in [6.45, 7) is 13.8. The van der Waals surface area contributed by atoms with Gasteiger partial charge in [0.15, 0.2) is 0 Å². The Bertz CT molecular complexity index is 725. The van der Waals surface area contributed by atoms with Gasteiger partial charge in [-0.2, -0.15) is 0 Å². The lowest BCUT2D eigenvalue weighted by atomic mass is 10.0. The van der Waals surface area contributed by atoms with E-state index in [9.17, 15) is 4.79 Å². The number of allylic oxidation sites excluding steroid dienone is 1. The van der Waals surface area contributed by atoms with Crippen LogP contribution < -0.4 is 5.32 Å². The van der Waals surface area contributed by atoms with Gasteiger partial charge in [0.1, 0.15) is 5.69 Å². The zero-order valence-corrected chi connectivity index (χ0v) is 15.5. The van der Waals surface area contributed by atoms with Crippen LogP contribution in [0, 0.1) is 6.92 Å². The van der Waals surface area contributed by atoms with Crippen LogP contribution in [-0.2, 0) is 6.54 Å². The number of unbranched alkanes of at least 4 members (excludes halogenated alkanes) is 2. The van der Waals surface area contributed by atoms with Gasteiger partial charge in [-0.25, -0.2) is 0 Å². The number of fused-ring (bicyclic) bond motifs is 1. The van der Waals surface area contributed by atoms with Gasteiger partial charge in [0.25, 0.3) is 5.91 Å². The Morgan fingerprint density at radius 1 is 1.33 bits per heavy atom. The fourth-order valence-corrected chi connectivity index (χ4v) is 3.17. The maximum atomic E-state index is 12.7. The molecule has 2 rings (SSSR count). The van der Waals surface area contributed by atoms with Gasteiger partial charge >= 0.3 is 0 Å². The van der Waals surface area contributed by atoms with E-state index < -0.39 is 0 Å². The number of carbonyl (C=O) groups is 1. The largest absolute Gasteiger partial charge is 0.351 e. The van der Waals surface area contributed by atoms with Crippen LogP contribution in [0.1, 0.15) is 67.6 Å². The summed E-state index contributed by atoms with van der Waals surface area (Å²) in [4.78, 5) is 12.7. The first-order valence-electron chi connectivity index (χ1n) is 9.03. The highest BCUT2D eigenvalue weighted by atomic mass is 16.1. The van der Waals surface area contributed by atoms with Crippen molar-refractivity contribution >= 4 is 16.8 Å². The molecule has 0 aliphatic rings. The molecule has 0 aliphatic heterocycles. The topological polar surface area (TPSA) is 34.0 Å². The first kappa shape index (κ1) is 18.3. The van der Waals surface area contributed by atoms with Crippen LogP contribution in [0.3, 0.4) is 0 Å². The highest BCUT2D eigenvalue weighted by Gasteiger charge is 2.20. The lowest BCUT2D eigenvalue weighted by Gasteiger charge is -2.10. The summed E-state index contributed by atoms with van der Waals surface area (Å²) < 4.78 is 2.08. The van der Waals surface area contributed by atoms with E-state index in [1.54, 1.807) is 0 Å². The van der Waals surface area contributed by atoms with Crippen LogP contribution in [0.25, 0.3) is 10.9 Å². The molecule has 0 aliphatic carbocycles. The summed E-state index contributed by atoms with van der Waals surface area (Å²) in [6.07, 6.45) is 5.18. The van der Waals surface area contributed by atoms with Gasteiger partial charge in [0, 0.05) is 24.0 Å². The second kappa shape index (κ2) is 8.18. The normalized spacial score (nSPS) is 11.2. The SMILES string of the molecule is C=CCn1c(C(=O)NCCCCC)c(C)c2cc(C(C)C)ccc21. The van der Waals surface area contributed by atoms with Gasteiger partial charge < -0.3 is 9.88 Å². The lowest BCUT2D eigenvalue weighted by molar-refractivity contribution is 0.0944. The first-order chi connectivity index (χ1) is 11.5. The lowest BCUT2D eigenvalue weighted by Crippen LogP contribution is -2.27. The van der Waals surface area contributed by atoms with E-state index in [-0.39, 0.29) is 5.91 Å². The van der Waals surface area contributed by atoms with E-state index in [1.807, 2.05) is 13.0 Å². The predicted octanol–water partition coefficient (Wildman–Crippen LogP) is 5.18. The number of aromatic nitrogens is 1. The van der Waals surface area contributed by atoms with Gasteiger partial charge in [0.05, 0.1) is 0 Å². The molecule has 0 bridgehead atoms. The number of amides is 1. The van der Waals surface area contributed by atoms with E-state index in [4.69, 9.17) is 0 Å². The number of nitrogens with zero attached hydrogens (tertiary/aromatic N) is 1. The van der Waals surface area contributed by atoms with E-state index in [1.165, 1.54) is 10.9 Å².